The summed E-state index contributed by atoms with van der Waals surface area (Å²) in [7, 11) is 0. The normalized spacial score (nSPS) is 18.0. The van der Waals surface area contributed by atoms with Gasteiger partial charge in [0.1, 0.15) is 6.10 Å². The summed E-state index contributed by atoms with van der Waals surface area (Å²) in [5.74, 6) is -4.01. The summed E-state index contributed by atoms with van der Waals surface area (Å²) in [4.78, 5) is 24.9. The number of halogens is 2. The van der Waals surface area contributed by atoms with Gasteiger partial charge in [-0.3, -0.25) is 4.79 Å². The summed E-state index contributed by atoms with van der Waals surface area (Å²) >= 11 is 1.11. The third-order valence-corrected chi connectivity index (χ3v) is 6.09. The van der Waals surface area contributed by atoms with Crippen LogP contribution in [0.25, 0.3) is 0 Å². The Labute approximate surface area is 183 Å². The molecule has 1 amide bonds. The zero-order valence-corrected chi connectivity index (χ0v) is 17.5. The first-order valence-corrected chi connectivity index (χ1v) is 10.8. The summed E-state index contributed by atoms with van der Waals surface area (Å²) in [6, 6.07) is 13.4. The molecule has 2 aromatic carbocycles. The number of hydrogen-bond acceptors (Lipinski definition) is 4. The summed E-state index contributed by atoms with van der Waals surface area (Å²) in [5.41, 5.74) is 0.785. The number of carbonyl (C=O) groups is 2. The molecule has 2 atom stereocenters. The average Bonchev–Trinajstić information content (AvgIpc) is 3.12. The van der Waals surface area contributed by atoms with Crippen molar-refractivity contribution in [2.24, 2.45) is 0 Å². The van der Waals surface area contributed by atoms with Gasteiger partial charge in [-0.2, -0.15) is 8.78 Å². The number of rotatable bonds is 9. The first kappa shape index (κ1) is 23.0. The van der Waals surface area contributed by atoms with Gasteiger partial charge in [0, 0.05) is 17.9 Å². The molecule has 1 aliphatic rings. The summed E-state index contributed by atoms with van der Waals surface area (Å²) < 4.78 is 28.9. The van der Waals surface area contributed by atoms with Crippen LogP contribution in [0.2, 0.25) is 0 Å². The predicted octanol–water partition coefficient (Wildman–Crippen LogP) is 4.56. The second-order valence-corrected chi connectivity index (χ2v) is 8.24. The third-order valence-electron chi connectivity index (χ3n) is 5.10. The molecule has 164 valence electrons. The van der Waals surface area contributed by atoms with Crippen LogP contribution in [-0.2, 0) is 12.3 Å². The van der Waals surface area contributed by atoms with Crippen molar-refractivity contribution in [3.05, 3.63) is 83.4 Å². The molecule has 31 heavy (non-hydrogen) atoms. The maximum absolute atomic E-state index is 14.4. The van der Waals surface area contributed by atoms with Crippen molar-refractivity contribution in [1.29, 1.82) is 0 Å². The number of amides is 1. The Morgan fingerprint density at radius 1 is 1.23 bits per heavy atom. The Morgan fingerprint density at radius 2 is 1.97 bits per heavy atom. The van der Waals surface area contributed by atoms with Crippen LogP contribution < -0.4 is 0 Å². The highest BCUT2D eigenvalue weighted by molar-refractivity contribution is 8.13. The van der Waals surface area contributed by atoms with Gasteiger partial charge in [-0.15, -0.1) is 0 Å². The summed E-state index contributed by atoms with van der Waals surface area (Å²) in [5, 5.41) is 19.0. The highest BCUT2D eigenvalue weighted by atomic mass is 32.2. The number of benzene rings is 2. The van der Waals surface area contributed by atoms with Gasteiger partial charge in [0.2, 0.25) is 0 Å². The number of carboxylic acid groups (broad SMARTS) is 1. The van der Waals surface area contributed by atoms with Crippen LogP contribution in [0, 0.1) is 0 Å². The lowest BCUT2D eigenvalue weighted by Gasteiger charge is -2.23. The van der Waals surface area contributed by atoms with Gasteiger partial charge in [0.05, 0.1) is 11.6 Å². The Hall–Kier alpha value is -2.71. The first-order chi connectivity index (χ1) is 14.8. The summed E-state index contributed by atoms with van der Waals surface area (Å²) in [6.45, 7) is 0.406. The molecule has 2 N–H and O–H groups in total. The fourth-order valence-electron chi connectivity index (χ4n) is 3.38. The molecule has 2 unspecified atom stereocenters. The lowest BCUT2D eigenvalue weighted by Crippen LogP contribution is -2.34. The molecule has 2 aromatic rings. The smallest absolute Gasteiger partial charge is 0.335 e. The lowest BCUT2D eigenvalue weighted by atomic mass is 10.0. The van der Waals surface area contributed by atoms with E-state index in [0.29, 0.717) is 25.1 Å². The van der Waals surface area contributed by atoms with E-state index in [0.717, 1.165) is 23.4 Å². The van der Waals surface area contributed by atoms with Crippen LogP contribution in [0.3, 0.4) is 0 Å². The number of aliphatic hydroxyl groups excluding tert-OH is 1. The van der Waals surface area contributed by atoms with E-state index in [-0.39, 0.29) is 22.4 Å². The molecule has 1 heterocycles. The number of aliphatic hydroxyl groups is 1. The predicted molar refractivity (Wildman–Crippen MR) is 116 cm³/mol. The SMILES string of the molecule is O=C(O)c1cccc(CCCN2C(=O)SCC2/C=C/C(O)C(F)(F)c2ccccc2)c1. The van der Waals surface area contributed by atoms with E-state index in [1.807, 2.05) is 6.07 Å². The molecule has 1 fully saturated rings. The van der Waals surface area contributed by atoms with Crippen molar-refractivity contribution in [2.75, 3.05) is 12.3 Å². The van der Waals surface area contributed by atoms with Crippen molar-refractivity contribution >= 4 is 23.0 Å². The van der Waals surface area contributed by atoms with Gasteiger partial charge < -0.3 is 15.1 Å². The Balaban J connectivity index is 1.59. The van der Waals surface area contributed by atoms with E-state index >= 15 is 0 Å². The highest BCUT2D eigenvalue weighted by Crippen LogP contribution is 2.33. The molecular weight excluding hydrogens is 424 g/mol. The molecule has 0 aromatic heterocycles. The van der Waals surface area contributed by atoms with E-state index in [9.17, 15) is 23.5 Å². The van der Waals surface area contributed by atoms with Crippen molar-refractivity contribution in [3.63, 3.8) is 0 Å². The minimum Gasteiger partial charge on any atom is -0.478 e. The van der Waals surface area contributed by atoms with E-state index in [4.69, 9.17) is 5.11 Å². The van der Waals surface area contributed by atoms with Crippen LogP contribution >= 0.6 is 11.8 Å². The first-order valence-electron chi connectivity index (χ1n) is 9.84. The molecule has 3 rings (SSSR count). The maximum atomic E-state index is 14.4. The minimum atomic E-state index is -3.44. The fourth-order valence-corrected chi connectivity index (χ4v) is 4.38. The maximum Gasteiger partial charge on any atom is 0.335 e. The number of thioether (sulfide) groups is 1. The standard InChI is InChI=1S/C23H23F2NO4S/c24-23(25,18-9-2-1-3-10-18)20(27)12-11-19-15-31-22(30)26(19)13-5-7-16-6-4-8-17(14-16)21(28)29/h1-4,6,8-12,14,19-20,27H,5,7,13,15H2,(H,28,29)/b12-11+. The number of aromatic carboxylic acids is 1. The number of aryl methyl sites for hydroxylation is 1. The number of hydrogen-bond donors (Lipinski definition) is 2. The number of carbonyl (C=O) groups excluding carboxylic acids is 1. The topological polar surface area (TPSA) is 77.8 Å². The zero-order valence-electron chi connectivity index (χ0n) is 16.7. The zero-order chi connectivity index (χ0) is 22.4. The Bertz CT molecular complexity index is 952. The van der Waals surface area contributed by atoms with Gasteiger partial charge in [-0.1, -0.05) is 66.4 Å². The molecular formula is C23H23F2NO4S. The van der Waals surface area contributed by atoms with E-state index in [2.05, 4.69) is 0 Å². The minimum absolute atomic E-state index is 0.141. The number of carboxylic acids is 1. The van der Waals surface area contributed by atoms with Crippen LogP contribution in [0.5, 0.6) is 0 Å². The second-order valence-electron chi connectivity index (χ2n) is 7.27. The van der Waals surface area contributed by atoms with Crippen LogP contribution in [-0.4, -0.2) is 50.8 Å². The molecule has 0 saturated carbocycles. The van der Waals surface area contributed by atoms with Gasteiger partial charge in [0.25, 0.3) is 5.24 Å². The Morgan fingerprint density at radius 3 is 2.68 bits per heavy atom. The Kier molecular flexibility index (Phi) is 7.46. The van der Waals surface area contributed by atoms with Crippen LogP contribution in [0.1, 0.15) is 27.9 Å². The molecule has 8 heteroatoms. The van der Waals surface area contributed by atoms with E-state index < -0.39 is 18.0 Å². The highest BCUT2D eigenvalue weighted by Gasteiger charge is 2.39. The van der Waals surface area contributed by atoms with Crippen molar-refractivity contribution in [3.8, 4) is 0 Å². The molecule has 0 spiro atoms. The van der Waals surface area contributed by atoms with Crippen molar-refractivity contribution in [1.82, 2.24) is 4.90 Å². The van der Waals surface area contributed by atoms with E-state index in [1.54, 1.807) is 23.1 Å². The average molecular weight is 448 g/mol. The van der Waals surface area contributed by atoms with Gasteiger partial charge in [-0.05, 0) is 30.5 Å². The molecule has 1 aliphatic heterocycles. The van der Waals surface area contributed by atoms with Gasteiger partial charge >= 0.3 is 11.9 Å². The van der Waals surface area contributed by atoms with Gasteiger partial charge in [0.15, 0.2) is 0 Å². The molecule has 1 saturated heterocycles. The molecule has 0 radical (unpaired) electrons. The van der Waals surface area contributed by atoms with Crippen LogP contribution in [0.15, 0.2) is 66.7 Å². The molecule has 0 bridgehead atoms. The van der Waals surface area contributed by atoms with E-state index in [1.165, 1.54) is 36.4 Å². The second kappa shape index (κ2) is 10.1. The third kappa shape index (κ3) is 5.71. The van der Waals surface area contributed by atoms with Crippen LogP contribution in [0.4, 0.5) is 13.6 Å². The van der Waals surface area contributed by atoms with Crippen molar-refractivity contribution in [2.45, 2.75) is 30.9 Å². The summed E-state index contributed by atoms with van der Waals surface area (Å²) in [6.07, 6.45) is 1.70. The molecule has 0 aliphatic carbocycles. The largest absolute Gasteiger partial charge is 0.478 e. The fraction of sp³-hybridized carbons (Fsp3) is 0.304. The quantitative estimate of drug-likeness (QED) is 0.551. The number of nitrogens with zero attached hydrogens (tertiary/aromatic N) is 1. The molecule has 5 nitrogen and oxygen atoms in total. The van der Waals surface area contributed by atoms with Crippen molar-refractivity contribution < 1.29 is 28.6 Å². The van der Waals surface area contributed by atoms with Gasteiger partial charge in [-0.25, -0.2) is 4.79 Å². The number of alkyl halides is 2. The lowest BCUT2D eigenvalue weighted by molar-refractivity contribution is -0.0929. The monoisotopic (exact) mass is 447 g/mol.